The number of aryl methyl sites for hydroxylation is 1. The zero-order valence-electron chi connectivity index (χ0n) is 14.6. The molecule has 0 saturated carbocycles. The number of para-hydroxylation sites is 1. The van der Waals surface area contributed by atoms with E-state index in [1.165, 1.54) is 21.2 Å². The monoisotopic (exact) mass is 385 g/mol. The number of nitrogens with zero attached hydrogens (tertiary/aromatic N) is 3. The normalized spacial score (nSPS) is 11.7. The quantitative estimate of drug-likeness (QED) is 0.521. The minimum atomic E-state index is -4.40. The van der Waals surface area contributed by atoms with Gasteiger partial charge in [-0.25, -0.2) is 9.48 Å². The Labute approximate surface area is 157 Å². The van der Waals surface area contributed by atoms with Crippen LogP contribution < -0.4 is 10.4 Å². The lowest BCUT2D eigenvalue weighted by Gasteiger charge is -2.12. The maximum atomic E-state index is 12.7. The first-order valence-corrected chi connectivity index (χ1v) is 8.33. The molecule has 28 heavy (non-hydrogen) atoms. The highest BCUT2D eigenvalue weighted by molar-refractivity contribution is 5.73. The van der Waals surface area contributed by atoms with Gasteiger partial charge >= 0.3 is 11.9 Å². The molecular weight excluding hydrogens is 371 g/mol. The number of benzene rings is 2. The highest BCUT2D eigenvalue weighted by atomic mass is 19.4. The van der Waals surface area contributed by atoms with Crippen molar-refractivity contribution in [2.24, 2.45) is 7.05 Å². The Balaban J connectivity index is 1.70. The smallest absolute Gasteiger partial charge is 0.416 e. The van der Waals surface area contributed by atoms with Crippen LogP contribution in [0.3, 0.4) is 0 Å². The van der Waals surface area contributed by atoms with E-state index in [-0.39, 0.29) is 11.4 Å². The fourth-order valence-electron chi connectivity index (χ4n) is 2.88. The Morgan fingerprint density at radius 1 is 1.00 bits per heavy atom. The largest absolute Gasteiger partial charge is 0.457 e. The van der Waals surface area contributed by atoms with Crippen molar-refractivity contribution < 1.29 is 17.9 Å². The molecule has 0 aliphatic rings. The fraction of sp³-hybridized carbons (Fsp3) is 0.100. The maximum absolute atomic E-state index is 12.7. The first-order valence-electron chi connectivity index (χ1n) is 8.33. The molecule has 2 heterocycles. The van der Waals surface area contributed by atoms with Crippen LogP contribution in [-0.4, -0.2) is 14.2 Å². The highest BCUT2D eigenvalue weighted by Crippen LogP contribution is 2.35. The molecule has 8 heteroatoms. The summed E-state index contributed by atoms with van der Waals surface area (Å²) in [4.78, 5) is 11.9. The molecule has 0 fully saturated rings. The van der Waals surface area contributed by atoms with Crippen LogP contribution in [0.15, 0.2) is 71.7 Å². The zero-order valence-corrected chi connectivity index (χ0v) is 14.6. The number of rotatable bonds is 3. The molecule has 0 N–H and O–H groups in total. The SMILES string of the molecule is Cn1nc2cc(-c3ccccc3Oc3ccc(C(F)(F)F)cc3)ccn2c1=O. The van der Waals surface area contributed by atoms with Crippen LogP contribution >= 0.6 is 0 Å². The van der Waals surface area contributed by atoms with Crippen molar-refractivity contribution in [3.63, 3.8) is 0 Å². The van der Waals surface area contributed by atoms with Crippen LogP contribution in [0, 0.1) is 0 Å². The first kappa shape index (κ1) is 17.8. The van der Waals surface area contributed by atoms with Crippen LogP contribution in [0.1, 0.15) is 5.56 Å². The van der Waals surface area contributed by atoms with Crippen LogP contribution in [0.4, 0.5) is 13.2 Å². The Hall–Kier alpha value is -3.55. The molecule has 142 valence electrons. The van der Waals surface area contributed by atoms with Gasteiger partial charge in [-0.1, -0.05) is 18.2 Å². The molecule has 0 atom stereocenters. The van der Waals surface area contributed by atoms with E-state index in [4.69, 9.17) is 4.74 Å². The van der Waals surface area contributed by atoms with E-state index in [0.717, 1.165) is 23.3 Å². The van der Waals surface area contributed by atoms with Crippen molar-refractivity contribution >= 4 is 5.65 Å². The van der Waals surface area contributed by atoms with Gasteiger partial charge in [0, 0.05) is 18.8 Å². The molecule has 0 aliphatic heterocycles. The average molecular weight is 385 g/mol. The topological polar surface area (TPSA) is 48.5 Å². The van der Waals surface area contributed by atoms with Gasteiger partial charge in [-0.2, -0.15) is 18.3 Å². The molecule has 4 rings (SSSR count). The van der Waals surface area contributed by atoms with E-state index in [9.17, 15) is 18.0 Å². The minimum absolute atomic E-state index is 0.254. The van der Waals surface area contributed by atoms with E-state index < -0.39 is 11.7 Å². The van der Waals surface area contributed by atoms with Gasteiger partial charge in [-0.05, 0) is 48.0 Å². The summed E-state index contributed by atoms with van der Waals surface area (Å²) in [5, 5.41) is 4.16. The van der Waals surface area contributed by atoms with Crippen molar-refractivity contribution in [3.05, 3.63) is 82.9 Å². The van der Waals surface area contributed by atoms with Crippen LogP contribution in [0.5, 0.6) is 11.5 Å². The van der Waals surface area contributed by atoms with E-state index in [1.54, 1.807) is 37.5 Å². The summed E-state index contributed by atoms with van der Waals surface area (Å²) in [5.74, 6) is 0.764. The Morgan fingerprint density at radius 3 is 2.43 bits per heavy atom. The minimum Gasteiger partial charge on any atom is -0.457 e. The second kappa shape index (κ2) is 6.56. The number of hydrogen-bond donors (Lipinski definition) is 0. The Bertz CT molecular complexity index is 1210. The van der Waals surface area contributed by atoms with E-state index >= 15 is 0 Å². The Morgan fingerprint density at radius 2 is 1.71 bits per heavy atom. The molecule has 0 saturated heterocycles. The number of aromatic nitrogens is 3. The summed E-state index contributed by atoms with van der Waals surface area (Å²) in [5.41, 5.74) is 0.980. The van der Waals surface area contributed by atoms with Crippen LogP contribution in [0.2, 0.25) is 0 Å². The highest BCUT2D eigenvalue weighted by Gasteiger charge is 2.30. The summed E-state index contributed by atoms with van der Waals surface area (Å²) in [7, 11) is 1.57. The van der Waals surface area contributed by atoms with Gasteiger partial charge in [-0.15, -0.1) is 0 Å². The molecular formula is C20H14F3N3O2. The van der Waals surface area contributed by atoms with E-state index in [2.05, 4.69) is 5.10 Å². The number of alkyl halides is 3. The molecule has 4 aromatic rings. The lowest BCUT2D eigenvalue weighted by atomic mass is 10.1. The third kappa shape index (κ3) is 3.24. The molecule has 0 radical (unpaired) electrons. The third-order valence-corrected chi connectivity index (χ3v) is 4.28. The molecule has 2 aromatic carbocycles. The third-order valence-electron chi connectivity index (χ3n) is 4.28. The molecule has 2 aromatic heterocycles. The molecule has 0 unspecified atom stereocenters. The van der Waals surface area contributed by atoms with Crippen LogP contribution in [-0.2, 0) is 13.2 Å². The van der Waals surface area contributed by atoms with Crippen molar-refractivity contribution in [1.82, 2.24) is 14.2 Å². The number of fused-ring (bicyclic) bond motifs is 1. The summed E-state index contributed by atoms with van der Waals surface area (Å²) in [6.45, 7) is 0. The van der Waals surface area contributed by atoms with Crippen molar-refractivity contribution in [2.75, 3.05) is 0 Å². The van der Waals surface area contributed by atoms with Gasteiger partial charge in [0.05, 0.1) is 5.56 Å². The molecule has 5 nitrogen and oxygen atoms in total. The second-order valence-corrected chi connectivity index (χ2v) is 6.17. The average Bonchev–Trinajstić information content (AvgIpc) is 2.95. The predicted molar refractivity (Wildman–Crippen MR) is 97.4 cm³/mol. The van der Waals surface area contributed by atoms with Gasteiger partial charge in [0.25, 0.3) is 0 Å². The van der Waals surface area contributed by atoms with Crippen molar-refractivity contribution in [3.8, 4) is 22.6 Å². The maximum Gasteiger partial charge on any atom is 0.416 e. The van der Waals surface area contributed by atoms with Gasteiger partial charge in [0.2, 0.25) is 0 Å². The molecule has 0 aliphatic carbocycles. The zero-order chi connectivity index (χ0) is 19.9. The second-order valence-electron chi connectivity index (χ2n) is 6.17. The predicted octanol–water partition coefficient (Wildman–Crippen LogP) is 4.51. The molecule has 0 bridgehead atoms. The summed E-state index contributed by atoms with van der Waals surface area (Å²) in [6.07, 6.45) is -2.78. The van der Waals surface area contributed by atoms with Crippen LogP contribution in [0.25, 0.3) is 16.8 Å². The number of halogens is 3. The van der Waals surface area contributed by atoms with Gasteiger partial charge in [0.15, 0.2) is 5.65 Å². The lowest BCUT2D eigenvalue weighted by molar-refractivity contribution is -0.137. The first-order chi connectivity index (χ1) is 13.3. The van der Waals surface area contributed by atoms with Crippen molar-refractivity contribution in [2.45, 2.75) is 6.18 Å². The van der Waals surface area contributed by atoms with Gasteiger partial charge in [-0.3, -0.25) is 4.40 Å². The van der Waals surface area contributed by atoms with Crippen molar-refractivity contribution in [1.29, 1.82) is 0 Å². The lowest BCUT2D eigenvalue weighted by Crippen LogP contribution is -2.17. The fourth-order valence-corrected chi connectivity index (χ4v) is 2.88. The number of pyridine rings is 1. The number of hydrogen-bond acceptors (Lipinski definition) is 3. The molecule has 0 amide bonds. The molecule has 0 spiro atoms. The standard InChI is InChI=1S/C20H14F3N3O2/c1-25-19(27)26-11-10-13(12-18(26)24-25)16-4-2-3-5-17(16)28-15-8-6-14(7-9-15)20(21,22)23/h2-12H,1H3. The van der Waals surface area contributed by atoms with Gasteiger partial charge < -0.3 is 4.74 Å². The summed E-state index contributed by atoms with van der Waals surface area (Å²) < 4.78 is 46.6. The van der Waals surface area contributed by atoms with Gasteiger partial charge in [0.1, 0.15) is 11.5 Å². The Kier molecular flexibility index (Phi) is 4.18. The summed E-state index contributed by atoms with van der Waals surface area (Å²) >= 11 is 0. The van der Waals surface area contributed by atoms with E-state index in [1.807, 2.05) is 12.1 Å². The summed E-state index contributed by atoms with van der Waals surface area (Å²) in [6, 6.07) is 15.2. The number of ether oxygens (including phenoxy) is 1. The van der Waals surface area contributed by atoms with E-state index in [0.29, 0.717) is 11.4 Å².